The van der Waals surface area contributed by atoms with Crippen LogP contribution in [-0.2, 0) is 12.7 Å². The Morgan fingerprint density at radius 1 is 1.38 bits per heavy atom. The highest BCUT2D eigenvalue weighted by Crippen LogP contribution is 2.36. The smallest absolute Gasteiger partial charge is 0.419 e. The number of benzene rings is 1. The Bertz CT molecular complexity index is 879. The maximum absolute atomic E-state index is 14.3. The van der Waals surface area contributed by atoms with Gasteiger partial charge in [0.1, 0.15) is 10.9 Å². The lowest BCUT2D eigenvalue weighted by Crippen LogP contribution is -2.21. The molecule has 1 aromatic carbocycles. The number of rotatable bonds is 4. The summed E-state index contributed by atoms with van der Waals surface area (Å²) in [5.41, 5.74) is -1.49. The monoisotopic (exact) mass is 387 g/mol. The molecular weight excluding hydrogens is 374 g/mol. The van der Waals surface area contributed by atoms with Gasteiger partial charge in [0.25, 0.3) is 0 Å². The molecule has 3 rings (SSSR count). The largest absolute Gasteiger partial charge is 0.478 e. The van der Waals surface area contributed by atoms with Gasteiger partial charge in [-0.25, -0.2) is 9.18 Å². The van der Waals surface area contributed by atoms with Crippen LogP contribution in [0.3, 0.4) is 0 Å². The SMILES string of the molecule is CC1SC(c2cccc(C(F)(F)F)c2F)=NC1Cn1cc(C(=O)O)cn1. The highest BCUT2D eigenvalue weighted by molar-refractivity contribution is 8.15. The minimum absolute atomic E-state index is 0.0245. The van der Waals surface area contributed by atoms with Crippen molar-refractivity contribution in [3.8, 4) is 0 Å². The Balaban J connectivity index is 1.86. The van der Waals surface area contributed by atoms with Crippen LogP contribution in [0.15, 0.2) is 35.6 Å². The number of aromatic carboxylic acids is 1. The minimum atomic E-state index is -4.78. The van der Waals surface area contributed by atoms with Gasteiger partial charge < -0.3 is 5.11 Å². The fraction of sp³-hybridized carbons (Fsp3) is 0.312. The quantitative estimate of drug-likeness (QED) is 0.813. The maximum Gasteiger partial charge on any atom is 0.419 e. The van der Waals surface area contributed by atoms with E-state index >= 15 is 0 Å². The number of halogens is 4. The molecule has 0 saturated carbocycles. The van der Waals surface area contributed by atoms with Gasteiger partial charge in [0.2, 0.25) is 0 Å². The summed E-state index contributed by atoms with van der Waals surface area (Å²) in [5.74, 6) is -2.45. The third-order valence-corrected chi connectivity index (χ3v) is 5.15. The second-order valence-corrected chi connectivity index (χ2v) is 7.11. The fourth-order valence-electron chi connectivity index (χ4n) is 2.54. The first-order chi connectivity index (χ1) is 12.2. The van der Waals surface area contributed by atoms with E-state index in [1.807, 2.05) is 6.92 Å². The van der Waals surface area contributed by atoms with Gasteiger partial charge in [0, 0.05) is 17.0 Å². The predicted molar refractivity (Wildman–Crippen MR) is 88.0 cm³/mol. The molecule has 2 atom stereocenters. The average molecular weight is 387 g/mol. The number of alkyl halides is 3. The van der Waals surface area contributed by atoms with E-state index in [-0.39, 0.29) is 34.0 Å². The zero-order valence-electron chi connectivity index (χ0n) is 13.4. The predicted octanol–water partition coefficient (Wildman–Crippen LogP) is 3.69. The van der Waals surface area contributed by atoms with Gasteiger partial charge in [-0.2, -0.15) is 18.3 Å². The van der Waals surface area contributed by atoms with Crippen LogP contribution in [0.1, 0.15) is 28.4 Å². The van der Waals surface area contributed by atoms with Gasteiger partial charge in [0.05, 0.1) is 29.9 Å². The van der Waals surface area contributed by atoms with Gasteiger partial charge in [-0.05, 0) is 12.1 Å². The molecule has 138 valence electrons. The molecule has 0 spiro atoms. The third kappa shape index (κ3) is 3.59. The van der Waals surface area contributed by atoms with Crippen LogP contribution in [0, 0.1) is 5.82 Å². The molecule has 0 saturated heterocycles. The molecule has 1 N–H and O–H groups in total. The normalized spacial score (nSPS) is 20.3. The van der Waals surface area contributed by atoms with Gasteiger partial charge >= 0.3 is 12.1 Å². The van der Waals surface area contributed by atoms with Crippen LogP contribution < -0.4 is 0 Å². The molecule has 2 heterocycles. The number of aliphatic imine (C=N–C) groups is 1. The first kappa shape index (κ1) is 18.4. The van der Waals surface area contributed by atoms with Crippen molar-refractivity contribution in [2.75, 3.05) is 0 Å². The minimum Gasteiger partial charge on any atom is -0.478 e. The average Bonchev–Trinajstić information content (AvgIpc) is 3.14. The topological polar surface area (TPSA) is 67.5 Å². The van der Waals surface area contributed by atoms with Gasteiger partial charge in [-0.15, -0.1) is 11.8 Å². The molecule has 0 radical (unpaired) electrons. The van der Waals surface area contributed by atoms with Crippen LogP contribution in [-0.4, -0.2) is 37.2 Å². The summed E-state index contributed by atoms with van der Waals surface area (Å²) < 4.78 is 54.3. The van der Waals surface area contributed by atoms with Crippen molar-refractivity contribution in [2.24, 2.45) is 4.99 Å². The second-order valence-electron chi connectivity index (χ2n) is 5.75. The number of aromatic nitrogens is 2. The fourth-order valence-corrected chi connectivity index (χ4v) is 3.68. The second kappa shape index (κ2) is 6.75. The molecule has 0 aliphatic carbocycles. The highest BCUT2D eigenvalue weighted by atomic mass is 32.2. The van der Waals surface area contributed by atoms with Crippen molar-refractivity contribution in [2.45, 2.75) is 30.9 Å². The van der Waals surface area contributed by atoms with Gasteiger partial charge in [0.15, 0.2) is 0 Å². The van der Waals surface area contributed by atoms with Crippen LogP contribution in [0.4, 0.5) is 17.6 Å². The van der Waals surface area contributed by atoms with Crippen LogP contribution in [0.5, 0.6) is 0 Å². The Morgan fingerprint density at radius 3 is 2.73 bits per heavy atom. The maximum atomic E-state index is 14.3. The van der Waals surface area contributed by atoms with Gasteiger partial charge in [-0.3, -0.25) is 9.67 Å². The number of carboxylic acids is 1. The molecule has 5 nitrogen and oxygen atoms in total. The Labute approximate surface area is 149 Å². The van der Waals surface area contributed by atoms with Crippen molar-refractivity contribution in [1.29, 1.82) is 0 Å². The molecular formula is C16H13F4N3O2S. The van der Waals surface area contributed by atoms with E-state index in [1.54, 1.807) is 0 Å². The number of hydrogen-bond donors (Lipinski definition) is 1. The summed E-state index contributed by atoms with van der Waals surface area (Å²) in [6, 6.07) is 2.74. The summed E-state index contributed by atoms with van der Waals surface area (Å²) in [6.45, 7) is 2.06. The van der Waals surface area contributed by atoms with Gasteiger partial charge in [-0.1, -0.05) is 13.0 Å². The van der Waals surface area contributed by atoms with E-state index in [2.05, 4.69) is 10.1 Å². The molecule has 1 aromatic heterocycles. The molecule has 1 aliphatic rings. The Hall–Kier alpha value is -2.36. The summed E-state index contributed by atoms with van der Waals surface area (Å²) in [6.07, 6.45) is -2.23. The van der Waals surface area contributed by atoms with Crippen molar-refractivity contribution in [3.63, 3.8) is 0 Å². The summed E-state index contributed by atoms with van der Waals surface area (Å²) >= 11 is 1.18. The van der Waals surface area contributed by atoms with E-state index in [0.717, 1.165) is 6.07 Å². The molecule has 1 aliphatic heterocycles. The molecule has 0 bridgehead atoms. The van der Waals surface area contributed by atoms with Crippen molar-refractivity contribution >= 4 is 22.8 Å². The highest BCUT2D eigenvalue weighted by Gasteiger charge is 2.37. The summed E-state index contributed by atoms with van der Waals surface area (Å²) in [7, 11) is 0. The number of hydrogen-bond acceptors (Lipinski definition) is 4. The lowest BCUT2D eigenvalue weighted by atomic mass is 10.1. The summed E-state index contributed by atoms with van der Waals surface area (Å²) in [4.78, 5) is 15.2. The van der Waals surface area contributed by atoms with Crippen molar-refractivity contribution in [3.05, 3.63) is 53.1 Å². The zero-order valence-corrected chi connectivity index (χ0v) is 14.2. The molecule has 10 heteroatoms. The lowest BCUT2D eigenvalue weighted by molar-refractivity contribution is -0.140. The lowest BCUT2D eigenvalue weighted by Gasteiger charge is -2.11. The number of carbonyl (C=O) groups is 1. The summed E-state index contributed by atoms with van der Waals surface area (Å²) in [5, 5.41) is 12.9. The van der Waals surface area contributed by atoms with E-state index < -0.39 is 23.5 Å². The Kier molecular flexibility index (Phi) is 4.78. The Morgan fingerprint density at radius 2 is 2.12 bits per heavy atom. The molecule has 2 unspecified atom stereocenters. The van der Waals surface area contributed by atoms with Crippen LogP contribution in [0.2, 0.25) is 0 Å². The molecule has 26 heavy (non-hydrogen) atoms. The molecule has 0 fully saturated rings. The van der Waals surface area contributed by atoms with Crippen molar-refractivity contribution < 1.29 is 27.5 Å². The van der Waals surface area contributed by atoms with Crippen LogP contribution >= 0.6 is 11.8 Å². The zero-order chi connectivity index (χ0) is 19.1. The van der Waals surface area contributed by atoms with Crippen LogP contribution in [0.25, 0.3) is 0 Å². The number of carboxylic acid groups (broad SMARTS) is 1. The standard InChI is InChI=1S/C16H13F4N3O2S/c1-8-12(7-23-6-9(5-21-23)15(24)25)22-14(26-8)10-3-2-4-11(13(10)17)16(18,19)20/h2-6,8,12H,7H2,1H3,(H,24,25). The van der Waals surface area contributed by atoms with E-state index in [1.165, 1.54) is 34.9 Å². The van der Waals surface area contributed by atoms with E-state index in [9.17, 15) is 22.4 Å². The van der Waals surface area contributed by atoms with E-state index in [0.29, 0.717) is 6.07 Å². The third-order valence-electron chi connectivity index (χ3n) is 3.91. The first-order valence-corrected chi connectivity index (χ1v) is 8.41. The number of nitrogens with zero attached hydrogens (tertiary/aromatic N) is 3. The first-order valence-electron chi connectivity index (χ1n) is 7.53. The van der Waals surface area contributed by atoms with E-state index in [4.69, 9.17) is 5.11 Å². The van der Waals surface area contributed by atoms with Crippen molar-refractivity contribution in [1.82, 2.24) is 9.78 Å². The molecule has 0 amide bonds. The molecule has 2 aromatic rings. The number of thioether (sulfide) groups is 1.